The van der Waals surface area contributed by atoms with Gasteiger partial charge < -0.3 is 5.73 Å². The van der Waals surface area contributed by atoms with Crippen molar-refractivity contribution in [2.45, 2.75) is 57.5 Å². The maximum atomic E-state index is 12.4. The number of H-pyrrole nitrogens is 1. The summed E-state index contributed by atoms with van der Waals surface area (Å²) in [6.45, 7) is 7.52. The molecule has 0 radical (unpaired) electrons. The number of rotatable bonds is 6. The monoisotopic (exact) mass is 274 g/mol. The van der Waals surface area contributed by atoms with Gasteiger partial charge in [-0.2, -0.15) is 5.10 Å². The molecule has 1 aromatic rings. The number of hydrogen-bond acceptors (Lipinski definition) is 4. The summed E-state index contributed by atoms with van der Waals surface area (Å²) in [5.41, 5.74) is 5.90. The highest BCUT2D eigenvalue weighted by molar-refractivity contribution is 7.89. The van der Waals surface area contributed by atoms with Gasteiger partial charge in [0.1, 0.15) is 4.90 Å². The van der Waals surface area contributed by atoms with Crippen LogP contribution in [0.2, 0.25) is 0 Å². The van der Waals surface area contributed by atoms with Crippen LogP contribution in [0.3, 0.4) is 0 Å². The van der Waals surface area contributed by atoms with Crippen molar-refractivity contribution in [3.8, 4) is 0 Å². The molecule has 18 heavy (non-hydrogen) atoms. The van der Waals surface area contributed by atoms with E-state index < -0.39 is 15.6 Å². The average Bonchev–Trinajstić information content (AvgIpc) is 2.58. The van der Waals surface area contributed by atoms with Crippen LogP contribution in [0.4, 0.5) is 0 Å². The van der Waals surface area contributed by atoms with Gasteiger partial charge in [-0.25, -0.2) is 13.1 Å². The van der Waals surface area contributed by atoms with Crippen molar-refractivity contribution >= 4 is 10.0 Å². The van der Waals surface area contributed by atoms with Crippen LogP contribution in [0.5, 0.6) is 0 Å². The molecule has 104 valence electrons. The van der Waals surface area contributed by atoms with Crippen LogP contribution in [0.1, 0.15) is 45.0 Å². The van der Waals surface area contributed by atoms with Gasteiger partial charge >= 0.3 is 0 Å². The van der Waals surface area contributed by atoms with Gasteiger partial charge in [-0.3, -0.25) is 5.10 Å². The Morgan fingerprint density at radius 3 is 2.56 bits per heavy atom. The average molecular weight is 274 g/mol. The Balaban J connectivity index is 3.11. The van der Waals surface area contributed by atoms with E-state index in [9.17, 15) is 8.42 Å². The summed E-state index contributed by atoms with van der Waals surface area (Å²) in [6.07, 6.45) is 1.67. The predicted octanol–water partition coefficient (Wildman–Crippen LogP) is 1.03. The van der Waals surface area contributed by atoms with Crippen LogP contribution in [0, 0.1) is 6.92 Å². The summed E-state index contributed by atoms with van der Waals surface area (Å²) in [7, 11) is -3.59. The zero-order chi connectivity index (χ0) is 14.0. The Hall–Kier alpha value is -0.920. The molecule has 0 saturated heterocycles. The summed E-state index contributed by atoms with van der Waals surface area (Å²) in [5.74, 6) is 0. The lowest BCUT2D eigenvalue weighted by molar-refractivity contribution is 0.417. The van der Waals surface area contributed by atoms with Crippen molar-refractivity contribution in [2.24, 2.45) is 5.73 Å². The van der Waals surface area contributed by atoms with Crippen molar-refractivity contribution < 1.29 is 8.42 Å². The fourth-order valence-corrected chi connectivity index (χ4v) is 3.87. The van der Waals surface area contributed by atoms with Gasteiger partial charge in [0.15, 0.2) is 0 Å². The molecule has 0 fully saturated rings. The molecule has 0 amide bonds. The number of nitrogens with two attached hydrogens (primary N) is 1. The van der Waals surface area contributed by atoms with Gasteiger partial charge in [0, 0.05) is 12.1 Å². The number of nitrogens with zero attached hydrogens (tertiary/aromatic N) is 1. The minimum absolute atomic E-state index is 0.0921. The Morgan fingerprint density at radius 1 is 1.44 bits per heavy atom. The largest absolute Gasteiger partial charge is 0.325 e. The van der Waals surface area contributed by atoms with Crippen LogP contribution in [-0.2, 0) is 16.6 Å². The van der Waals surface area contributed by atoms with E-state index in [1.165, 1.54) is 0 Å². The molecule has 0 bridgehead atoms. The van der Waals surface area contributed by atoms with Crippen molar-refractivity contribution in [2.75, 3.05) is 0 Å². The lowest BCUT2D eigenvalue weighted by atomic mass is 10.0. The Kier molecular flexibility index (Phi) is 4.52. The smallest absolute Gasteiger partial charge is 0.244 e. The molecular formula is C11H22N4O2S. The fourth-order valence-electron chi connectivity index (χ4n) is 2.06. The van der Waals surface area contributed by atoms with Crippen molar-refractivity contribution in [3.63, 3.8) is 0 Å². The first-order chi connectivity index (χ1) is 8.23. The molecule has 0 unspecified atom stereocenters. The second-order valence-corrected chi connectivity index (χ2v) is 6.69. The van der Waals surface area contributed by atoms with Crippen LogP contribution in [0.25, 0.3) is 0 Å². The molecule has 0 spiro atoms. The molecule has 1 heterocycles. The second kappa shape index (κ2) is 5.38. The quantitative estimate of drug-likeness (QED) is 0.721. The maximum absolute atomic E-state index is 12.4. The normalized spacial score (nSPS) is 12.9. The SMILES string of the molecule is CCCC(C)(C)NS(=O)(=O)c1c(CN)n[nH]c1C. The molecule has 1 rings (SSSR count). The first kappa shape index (κ1) is 15.1. The number of hydrogen-bond donors (Lipinski definition) is 3. The van der Waals surface area contributed by atoms with Gasteiger partial charge in [0.2, 0.25) is 10.0 Å². The number of nitrogens with one attached hydrogen (secondary N) is 2. The van der Waals surface area contributed by atoms with E-state index in [4.69, 9.17) is 5.73 Å². The van der Waals surface area contributed by atoms with E-state index in [-0.39, 0.29) is 11.4 Å². The van der Waals surface area contributed by atoms with E-state index in [1.54, 1.807) is 6.92 Å². The van der Waals surface area contributed by atoms with Crippen molar-refractivity contribution in [1.82, 2.24) is 14.9 Å². The maximum Gasteiger partial charge on any atom is 0.244 e. The number of aromatic nitrogens is 2. The molecule has 0 saturated carbocycles. The Labute approximate surface area is 108 Å². The van der Waals surface area contributed by atoms with E-state index in [0.717, 1.165) is 12.8 Å². The van der Waals surface area contributed by atoms with Gasteiger partial charge in [-0.1, -0.05) is 13.3 Å². The molecule has 0 aliphatic heterocycles. The third kappa shape index (κ3) is 3.30. The molecule has 0 aromatic carbocycles. The molecule has 1 aromatic heterocycles. The lowest BCUT2D eigenvalue weighted by Crippen LogP contribution is -2.43. The molecule has 6 nitrogen and oxygen atoms in total. The minimum Gasteiger partial charge on any atom is -0.325 e. The summed E-state index contributed by atoms with van der Waals surface area (Å²) >= 11 is 0. The first-order valence-corrected chi connectivity index (χ1v) is 7.49. The zero-order valence-electron chi connectivity index (χ0n) is 11.4. The fraction of sp³-hybridized carbons (Fsp3) is 0.727. The highest BCUT2D eigenvalue weighted by Crippen LogP contribution is 2.21. The molecule has 7 heteroatoms. The Bertz CT molecular complexity index is 505. The number of sulfonamides is 1. The van der Waals surface area contributed by atoms with Crippen LogP contribution in [0.15, 0.2) is 4.90 Å². The third-order valence-electron chi connectivity index (χ3n) is 2.71. The van der Waals surface area contributed by atoms with Crippen LogP contribution < -0.4 is 10.5 Å². The van der Waals surface area contributed by atoms with E-state index >= 15 is 0 Å². The molecule has 0 aliphatic carbocycles. The van der Waals surface area contributed by atoms with Gasteiger partial charge in [-0.15, -0.1) is 0 Å². The van der Waals surface area contributed by atoms with Crippen LogP contribution >= 0.6 is 0 Å². The predicted molar refractivity (Wildman–Crippen MR) is 70.5 cm³/mol. The molecule has 0 atom stereocenters. The Morgan fingerprint density at radius 2 is 2.06 bits per heavy atom. The van der Waals surface area contributed by atoms with Crippen molar-refractivity contribution in [1.29, 1.82) is 0 Å². The summed E-state index contributed by atoms with van der Waals surface area (Å²) in [4.78, 5) is 0.175. The summed E-state index contributed by atoms with van der Waals surface area (Å²) in [5, 5.41) is 6.57. The third-order valence-corrected chi connectivity index (χ3v) is 4.61. The van der Waals surface area contributed by atoms with Gasteiger partial charge in [0.05, 0.1) is 11.4 Å². The van der Waals surface area contributed by atoms with E-state index in [0.29, 0.717) is 11.4 Å². The topological polar surface area (TPSA) is 101 Å². The number of aromatic amines is 1. The van der Waals surface area contributed by atoms with Crippen LogP contribution in [-0.4, -0.2) is 24.2 Å². The highest BCUT2D eigenvalue weighted by atomic mass is 32.2. The first-order valence-electron chi connectivity index (χ1n) is 6.01. The number of aryl methyl sites for hydroxylation is 1. The lowest BCUT2D eigenvalue weighted by Gasteiger charge is -2.25. The highest BCUT2D eigenvalue weighted by Gasteiger charge is 2.29. The minimum atomic E-state index is -3.59. The summed E-state index contributed by atoms with van der Waals surface area (Å²) < 4.78 is 27.4. The summed E-state index contributed by atoms with van der Waals surface area (Å²) in [6, 6.07) is 0. The van der Waals surface area contributed by atoms with E-state index in [2.05, 4.69) is 14.9 Å². The molecule has 4 N–H and O–H groups in total. The van der Waals surface area contributed by atoms with Gasteiger partial charge in [-0.05, 0) is 27.2 Å². The standard InChI is InChI=1S/C11H22N4O2S/c1-5-6-11(3,4)15-18(16,17)10-8(2)13-14-9(10)7-12/h15H,5-7,12H2,1-4H3,(H,13,14). The van der Waals surface area contributed by atoms with Gasteiger partial charge in [0.25, 0.3) is 0 Å². The van der Waals surface area contributed by atoms with Crippen molar-refractivity contribution in [3.05, 3.63) is 11.4 Å². The second-order valence-electron chi connectivity index (χ2n) is 5.07. The molecule has 0 aliphatic rings. The zero-order valence-corrected chi connectivity index (χ0v) is 12.2. The molecular weight excluding hydrogens is 252 g/mol. The van der Waals surface area contributed by atoms with E-state index in [1.807, 2.05) is 20.8 Å².